The Morgan fingerprint density at radius 3 is 2.72 bits per heavy atom. The van der Waals surface area contributed by atoms with Gasteiger partial charge < -0.3 is 10.5 Å². The van der Waals surface area contributed by atoms with Gasteiger partial charge in [-0.05, 0) is 44.2 Å². The van der Waals surface area contributed by atoms with Crippen LogP contribution in [0.3, 0.4) is 0 Å². The van der Waals surface area contributed by atoms with Gasteiger partial charge in [-0.2, -0.15) is 0 Å². The maximum absolute atomic E-state index is 6.12. The summed E-state index contributed by atoms with van der Waals surface area (Å²) in [7, 11) is 1.78. The number of rotatable bonds is 7. The van der Waals surface area contributed by atoms with Crippen LogP contribution in [0.2, 0.25) is 0 Å². The van der Waals surface area contributed by atoms with E-state index < -0.39 is 0 Å². The standard InChI is InChI=1S/C15H32N2O/c1-5-17(14(3)10-18-4)12-15(11-16)8-6-7-13(2)9-15/h13-14H,5-12,16H2,1-4H3. The molecule has 0 bridgehead atoms. The Hall–Kier alpha value is -0.120. The topological polar surface area (TPSA) is 38.5 Å². The fourth-order valence-corrected chi connectivity index (χ4v) is 3.52. The van der Waals surface area contributed by atoms with E-state index in [0.29, 0.717) is 11.5 Å². The van der Waals surface area contributed by atoms with Crippen LogP contribution in [-0.2, 0) is 4.74 Å². The normalized spacial score (nSPS) is 30.7. The zero-order valence-electron chi connectivity index (χ0n) is 12.7. The number of nitrogens with zero attached hydrogens (tertiary/aromatic N) is 1. The number of hydrogen-bond acceptors (Lipinski definition) is 3. The fourth-order valence-electron chi connectivity index (χ4n) is 3.52. The minimum absolute atomic E-state index is 0.343. The third kappa shape index (κ3) is 4.22. The van der Waals surface area contributed by atoms with Gasteiger partial charge in [-0.15, -0.1) is 0 Å². The Balaban J connectivity index is 2.64. The van der Waals surface area contributed by atoms with Gasteiger partial charge in [0.2, 0.25) is 0 Å². The molecular weight excluding hydrogens is 224 g/mol. The van der Waals surface area contributed by atoms with Gasteiger partial charge >= 0.3 is 0 Å². The highest BCUT2D eigenvalue weighted by Crippen LogP contribution is 2.39. The highest BCUT2D eigenvalue weighted by atomic mass is 16.5. The van der Waals surface area contributed by atoms with E-state index in [9.17, 15) is 0 Å². The molecule has 0 aromatic rings. The molecular formula is C15H32N2O. The van der Waals surface area contributed by atoms with E-state index in [1.165, 1.54) is 25.7 Å². The maximum atomic E-state index is 6.12. The van der Waals surface area contributed by atoms with Crippen LogP contribution >= 0.6 is 0 Å². The van der Waals surface area contributed by atoms with Gasteiger partial charge in [0, 0.05) is 19.7 Å². The highest BCUT2D eigenvalue weighted by Gasteiger charge is 2.35. The van der Waals surface area contributed by atoms with Crippen molar-refractivity contribution in [3.63, 3.8) is 0 Å². The molecule has 0 saturated heterocycles. The summed E-state index contributed by atoms with van der Waals surface area (Å²) >= 11 is 0. The van der Waals surface area contributed by atoms with Crippen molar-refractivity contribution < 1.29 is 4.74 Å². The summed E-state index contributed by atoms with van der Waals surface area (Å²) < 4.78 is 5.29. The van der Waals surface area contributed by atoms with E-state index in [1.54, 1.807) is 7.11 Å². The quantitative estimate of drug-likeness (QED) is 0.760. The van der Waals surface area contributed by atoms with Gasteiger partial charge in [-0.1, -0.05) is 26.7 Å². The molecule has 0 spiro atoms. The average molecular weight is 256 g/mol. The van der Waals surface area contributed by atoms with Gasteiger partial charge in [-0.25, -0.2) is 0 Å². The van der Waals surface area contributed by atoms with Crippen LogP contribution in [0.4, 0.5) is 0 Å². The lowest BCUT2D eigenvalue weighted by Crippen LogP contribution is -2.48. The highest BCUT2D eigenvalue weighted by molar-refractivity contribution is 4.89. The summed E-state index contributed by atoms with van der Waals surface area (Å²) in [6.07, 6.45) is 5.31. The number of nitrogens with two attached hydrogens (primary N) is 1. The summed E-state index contributed by atoms with van der Waals surface area (Å²) in [6.45, 7) is 10.7. The Morgan fingerprint density at radius 1 is 1.50 bits per heavy atom. The molecule has 1 fully saturated rings. The zero-order valence-corrected chi connectivity index (χ0v) is 12.7. The lowest BCUT2D eigenvalue weighted by molar-refractivity contribution is 0.0422. The molecule has 3 nitrogen and oxygen atoms in total. The molecule has 3 heteroatoms. The second-order valence-electron chi connectivity index (χ2n) is 6.27. The molecule has 0 heterocycles. The second kappa shape index (κ2) is 7.46. The molecule has 0 radical (unpaired) electrons. The molecule has 1 aliphatic rings. The van der Waals surface area contributed by atoms with Crippen molar-refractivity contribution in [3.8, 4) is 0 Å². The predicted octanol–water partition coefficient (Wildman–Crippen LogP) is 2.50. The first kappa shape index (κ1) is 15.9. The molecule has 108 valence electrons. The molecule has 3 unspecified atom stereocenters. The largest absolute Gasteiger partial charge is 0.383 e. The molecule has 1 aliphatic carbocycles. The molecule has 0 aliphatic heterocycles. The molecule has 0 aromatic carbocycles. The van der Waals surface area contributed by atoms with Crippen LogP contribution in [0.5, 0.6) is 0 Å². The minimum Gasteiger partial charge on any atom is -0.383 e. The molecule has 1 saturated carbocycles. The van der Waals surface area contributed by atoms with Crippen LogP contribution in [0.15, 0.2) is 0 Å². The third-order valence-electron chi connectivity index (χ3n) is 4.59. The van der Waals surface area contributed by atoms with Gasteiger partial charge in [0.05, 0.1) is 6.61 Å². The van der Waals surface area contributed by atoms with Crippen molar-refractivity contribution in [2.75, 3.05) is 33.4 Å². The fraction of sp³-hybridized carbons (Fsp3) is 1.00. The van der Waals surface area contributed by atoms with Crippen LogP contribution in [0, 0.1) is 11.3 Å². The van der Waals surface area contributed by atoms with Gasteiger partial charge in [0.15, 0.2) is 0 Å². The SMILES string of the molecule is CCN(CC1(CN)CCCC(C)C1)C(C)COC. The first-order chi connectivity index (χ1) is 8.56. The Morgan fingerprint density at radius 2 is 2.22 bits per heavy atom. The predicted molar refractivity (Wildman–Crippen MR) is 77.7 cm³/mol. The smallest absolute Gasteiger partial charge is 0.0615 e. The van der Waals surface area contributed by atoms with Crippen molar-refractivity contribution in [1.29, 1.82) is 0 Å². The molecule has 1 rings (SSSR count). The Kier molecular flexibility index (Phi) is 6.61. The van der Waals surface area contributed by atoms with E-state index in [1.807, 2.05) is 0 Å². The molecule has 0 aromatic heterocycles. The summed E-state index contributed by atoms with van der Waals surface area (Å²) in [5, 5.41) is 0. The summed E-state index contributed by atoms with van der Waals surface area (Å²) in [5.74, 6) is 0.832. The summed E-state index contributed by atoms with van der Waals surface area (Å²) in [5.41, 5.74) is 6.46. The monoisotopic (exact) mass is 256 g/mol. The summed E-state index contributed by atoms with van der Waals surface area (Å²) in [6, 6.07) is 0.487. The van der Waals surface area contributed by atoms with Gasteiger partial charge in [0.25, 0.3) is 0 Å². The van der Waals surface area contributed by atoms with Crippen molar-refractivity contribution >= 4 is 0 Å². The average Bonchev–Trinajstić information content (AvgIpc) is 2.36. The number of likely N-dealkylation sites (N-methyl/N-ethyl adjacent to an activating group) is 1. The van der Waals surface area contributed by atoms with E-state index in [2.05, 4.69) is 25.7 Å². The van der Waals surface area contributed by atoms with Crippen LogP contribution in [-0.4, -0.2) is 44.3 Å². The van der Waals surface area contributed by atoms with Crippen molar-refractivity contribution in [2.45, 2.75) is 52.5 Å². The van der Waals surface area contributed by atoms with Gasteiger partial charge in [-0.3, -0.25) is 4.90 Å². The lowest BCUT2D eigenvalue weighted by Gasteiger charge is -2.44. The lowest BCUT2D eigenvalue weighted by atomic mass is 9.69. The minimum atomic E-state index is 0.343. The molecule has 2 N–H and O–H groups in total. The summed E-state index contributed by atoms with van der Waals surface area (Å²) in [4.78, 5) is 2.54. The van der Waals surface area contributed by atoms with E-state index in [0.717, 1.165) is 32.2 Å². The molecule has 18 heavy (non-hydrogen) atoms. The van der Waals surface area contributed by atoms with E-state index in [-0.39, 0.29) is 0 Å². The van der Waals surface area contributed by atoms with Crippen molar-refractivity contribution in [3.05, 3.63) is 0 Å². The second-order valence-corrected chi connectivity index (χ2v) is 6.27. The first-order valence-electron chi connectivity index (χ1n) is 7.50. The van der Waals surface area contributed by atoms with Gasteiger partial charge in [0.1, 0.15) is 0 Å². The van der Waals surface area contributed by atoms with Crippen molar-refractivity contribution in [1.82, 2.24) is 4.90 Å². The van der Waals surface area contributed by atoms with Crippen LogP contribution in [0.1, 0.15) is 46.5 Å². The van der Waals surface area contributed by atoms with E-state index in [4.69, 9.17) is 10.5 Å². The molecule has 0 amide bonds. The van der Waals surface area contributed by atoms with E-state index >= 15 is 0 Å². The maximum Gasteiger partial charge on any atom is 0.0615 e. The Bertz CT molecular complexity index is 235. The molecule has 3 atom stereocenters. The van der Waals surface area contributed by atoms with Crippen molar-refractivity contribution in [2.24, 2.45) is 17.1 Å². The van der Waals surface area contributed by atoms with Crippen LogP contribution in [0.25, 0.3) is 0 Å². The first-order valence-corrected chi connectivity index (χ1v) is 7.50. The Labute approximate surface area is 113 Å². The number of methoxy groups -OCH3 is 1. The zero-order chi connectivity index (χ0) is 13.6. The number of ether oxygens (including phenoxy) is 1. The number of hydrogen-bond donors (Lipinski definition) is 1. The van der Waals surface area contributed by atoms with Crippen LogP contribution < -0.4 is 5.73 Å². The third-order valence-corrected chi connectivity index (χ3v) is 4.59.